The third-order valence-corrected chi connectivity index (χ3v) is 14.5. The molecule has 0 spiro atoms. The Morgan fingerprint density at radius 2 is 1.78 bits per heavy atom. The standard InChI is InChI=1S/C50H56N8O7/c1-6-40(50(4,5)41-21-30-15-18-52-45-31(25-51)7-12-39(65-41)44(30)45)54-46(60)32-8-13-42(53-26-32)56-19-16-29(17-20-56)27-57(28(2)3)33-22-35(23-33)64-34-9-10-36-37(24-34)49(63)58(48(36)62)38-11-14-43(59)55-47(38)61/h7-10,12-13,15,18,24,26,28-29,33,35,38,40-41H,6,11,14,16-17,19-23,27H2,1-5H3,(H,54,60)(H,55,59,61)/t33?,35?,38?,40?,41-/m1/s1. The van der Waals surface area contributed by atoms with Crippen molar-refractivity contribution in [3.8, 4) is 17.6 Å². The number of imide groups is 2. The van der Waals surface area contributed by atoms with Gasteiger partial charge in [0.05, 0.1) is 27.8 Å². The number of piperidine rings is 2. The number of fused-ring (bicyclic) bond motifs is 1. The van der Waals surface area contributed by atoms with Crippen molar-refractivity contribution < 1.29 is 33.4 Å². The van der Waals surface area contributed by atoms with Gasteiger partial charge in [0.25, 0.3) is 17.7 Å². The van der Waals surface area contributed by atoms with Crippen LogP contribution in [-0.4, -0.2) is 105 Å². The van der Waals surface area contributed by atoms with Gasteiger partial charge < -0.3 is 19.7 Å². The molecule has 2 unspecified atom stereocenters. The summed E-state index contributed by atoms with van der Waals surface area (Å²) in [4.78, 5) is 79.3. The molecular weight excluding hydrogens is 825 g/mol. The summed E-state index contributed by atoms with van der Waals surface area (Å²) in [5.41, 5.74) is 2.81. The van der Waals surface area contributed by atoms with Crippen LogP contribution in [0.5, 0.6) is 11.5 Å². The van der Waals surface area contributed by atoms with Crippen molar-refractivity contribution in [3.05, 3.63) is 88.7 Å². The van der Waals surface area contributed by atoms with Crippen molar-refractivity contribution in [2.24, 2.45) is 11.3 Å². The first kappa shape index (κ1) is 43.8. The molecule has 9 rings (SSSR count). The van der Waals surface area contributed by atoms with Crippen molar-refractivity contribution in [3.63, 3.8) is 0 Å². The number of hydrogen-bond acceptors (Lipinski definition) is 12. The zero-order valence-corrected chi connectivity index (χ0v) is 37.6. The summed E-state index contributed by atoms with van der Waals surface area (Å²) in [6.45, 7) is 13.6. The molecule has 3 atom stereocenters. The molecule has 4 aliphatic heterocycles. The number of anilines is 1. The van der Waals surface area contributed by atoms with Crippen LogP contribution in [0.2, 0.25) is 0 Å². The highest BCUT2D eigenvalue weighted by Gasteiger charge is 2.46. The first-order valence-electron chi connectivity index (χ1n) is 23.0. The number of benzene rings is 2. The Morgan fingerprint density at radius 3 is 2.48 bits per heavy atom. The molecule has 0 radical (unpaired) electrons. The van der Waals surface area contributed by atoms with E-state index in [0.29, 0.717) is 59.0 Å². The highest BCUT2D eigenvalue weighted by molar-refractivity contribution is 6.23. The second-order valence-electron chi connectivity index (χ2n) is 19.1. The molecule has 4 aromatic rings. The molecule has 1 aliphatic carbocycles. The molecule has 5 aliphatic rings. The summed E-state index contributed by atoms with van der Waals surface area (Å²) < 4.78 is 12.9. The summed E-state index contributed by atoms with van der Waals surface area (Å²) in [6.07, 6.45) is 8.51. The number of pyridine rings is 2. The fourth-order valence-electron chi connectivity index (χ4n) is 10.5. The molecule has 65 heavy (non-hydrogen) atoms. The van der Waals surface area contributed by atoms with Gasteiger partial charge in [0.15, 0.2) is 0 Å². The molecular formula is C50H56N8O7. The molecule has 2 aromatic heterocycles. The average molecular weight is 881 g/mol. The van der Waals surface area contributed by atoms with Crippen molar-refractivity contribution in [2.45, 2.75) is 122 Å². The lowest BCUT2D eigenvalue weighted by Crippen LogP contribution is -2.54. The lowest BCUT2D eigenvalue weighted by molar-refractivity contribution is -0.136. The molecule has 0 bridgehead atoms. The minimum atomic E-state index is -1.01. The van der Waals surface area contributed by atoms with Gasteiger partial charge in [-0.3, -0.25) is 44.1 Å². The Kier molecular flexibility index (Phi) is 11.8. The Labute approximate surface area is 378 Å². The number of nitrogens with zero attached hydrogens (tertiary/aromatic N) is 6. The second-order valence-corrected chi connectivity index (χ2v) is 19.1. The average Bonchev–Trinajstić information content (AvgIpc) is 3.53. The predicted octanol–water partition coefficient (Wildman–Crippen LogP) is 5.98. The van der Waals surface area contributed by atoms with Crippen LogP contribution < -0.4 is 25.0 Å². The number of carbonyl (C=O) groups excluding carboxylic acids is 5. The zero-order valence-electron chi connectivity index (χ0n) is 37.6. The van der Waals surface area contributed by atoms with Crippen molar-refractivity contribution in [2.75, 3.05) is 24.5 Å². The molecule has 15 heteroatoms. The van der Waals surface area contributed by atoms with E-state index >= 15 is 0 Å². The normalized spacial score (nSPS) is 22.6. The van der Waals surface area contributed by atoms with Crippen LogP contribution in [-0.2, 0) is 16.0 Å². The number of aromatic nitrogens is 2. The highest BCUT2D eigenvalue weighted by atomic mass is 16.5. The van der Waals surface area contributed by atoms with Gasteiger partial charge in [-0.05, 0) is 99.5 Å². The first-order chi connectivity index (χ1) is 31.2. The monoisotopic (exact) mass is 880 g/mol. The summed E-state index contributed by atoms with van der Waals surface area (Å²) >= 11 is 0. The van der Waals surface area contributed by atoms with Gasteiger partial charge in [-0.2, -0.15) is 5.26 Å². The molecule has 15 nitrogen and oxygen atoms in total. The predicted molar refractivity (Wildman–Crippen MR) is 241 cm³/mol. The van der Waals surface area contributed by atoms with E-state index in [-0.39, 0.29) is 48.1 Å². The molecule has 338 valence electrons. The maximum atomic E-state index is 13.7. The first-order valence-corrected chi connectivity index (χ1v) is 23.0. The summed E-state index contributed by atoms with van der Waals surface area (Å²) in [7, 11) is 0. The number of carbonyl (C=O) groups is 5. The van der Waals surface area contributed by atoms with Gasteiger partial charge in [0.1, 0.15) is 41.6 Å². The summed E-state index contributed by atoms with van der Waals surface area (Å²) in [6, 6.07) is 16.1. The molecule has 3 fully saturated rings. The third kappa shape index (κ3) is 8.29. The lowest BCUT2D eigenvalue weighted by atomic mass is 9.74. The van der Waals surface area contributed by atoms with E-state index in [1.165, 1.54) is 0 Å². The maximum absolute atomic E-state index is 13.7. The second kappa shape index (κ2) is 17.5. The molecule has 2 N–H and O–H groups in total. The van der Waals surface area contributed by atoms with Gasteiger partial charge >= 0.3 is 0 Å². The summed E-state index contributed by atoms with van der Waals surface area (Å²) in [5.74, 6) is 0.349. The van der Waals surface area contributed by atoms with E-state index < -0.39 is 35.1 Å². The smallest absolute Gasteiger partial charge is 0.262 e. The van der Waals surface area contributed by atoms with Crippen molar-refractivity contribution >= 4 is 46.3 Å². The van der Waals surface area contributed by atoms with Crippen LogP contribution in [0, 0.1) is 22.7 Å². The van der Waals surface area contributed by atoms with Crippen molar-refractivity contribution in [1.82, 2.24) is 30.4 Å². The molecule has 2 aromatic carbocycles. The van der Waals surface area contributed by atoms with E-state index in [1.807, 2.05) is 24.3 Å². The van der Waals surface area contributed by atoms with Crippen LogP contribution in [0.3, 0.4) is 0 Å². The van der Waals surface area contributed by atoms with Gasteiger partial charge in [-0.25, -0.2) is 4.98 Å². The van der Waals surface area contributed by atoms with Crippen LogP contribution >= 0.6 is 0 Å². The van der Waals surface area contributed by atoms with Gasteiger partial charge in [0, 0.05) is 86.6 Å². The Hall–Kier alpha value is -6.40. The number of rotatable bonds is 13. The van der Waals surface area contributed by atoms with E-state index in [2.05, 4.69) is 66.1 Å². The van der Waals surface area contributed by atoms with E-state index in [4.69, 9.17) is 14.5 Å². The fourth-order valence-corrected chi connectivity index (χ4v) is 10.5. The Bertz CT molecular complexity index is 2580. The van der Waals surface area contributed by atoms with E-state index in [9.17, 15) is 29.2 Å². The van der Waals surface area contributed by atoms with Crippen LogP contribution in [0.4, 0.5) is 5.82 Å². The van der Waals surface area contributed by atoms with Crippen LogP contribution in [0.15, 0.2) is 60.9 Å². The van der Waals surface area contributed by atoms with Gasteiger partial charge in [-0.1, -0.05) is 20.8 Å². The number of hydrogen-bond donors (Lipinski definition) is 2. The molecule has 1 saturated carbocycles. The Morgan fingerprint density at radius 1 is 1.02 bits per heavy atom. The quantitative estimate of drug-likeness (QED) is 0.150. The molecule has 2 saturated heterocycles. The minimum Gasteiger partial charge on any atom is -0.490 e. The highest BCUT2D eigenvalue weighted by Crippen LogP contribution is 2.42. The largest absolute Gasteiger partial charge is 0.490 e. The number of nitrogens with one attached hydrogen (secondary N) is 2. The number of ether oxygens (including phenoxy) is 2. The molecule has 6 heterocycles. The lowest BCUT2D eigenvalue weighted by Gasteiger charge is -2.46. The van der Waals surface area contributed by atoms with Crippen LogP contribution in [0.1, 0.15) is 122 Å². The van der Waals surface area contributed by atoms with Gasteiger partial charge in [-0.15, -0.1) is 0 Å². The van der Waals surface area contributed by atoms with Crippen LogP contribution in [0.25, 0.3) is 10.9 Å². The topological polar surface area (TPSA) is 187 Å². The zero-order chi connectivity index (χ0) is 45.7. The summed E-state index contributed by atoms with van der Waals surface area (Å²) in [5, 5.41) is 16.0. The SMILES string of the molecule is CCC(NC(=O)c1ccc(N2CCC(CN(C(C)C)C3CC(Oc4ccc5c(c4)C(=O)N(C4CCC(=O)NC4=O)C5=O)C3)CC2)nc1)C(C)(C)[C@H]1Cc2ccnc3c(C#N)ccc(c23)O1. The minimum absolute atomic E-state index is 0.0200. The Balaban J connectivity index is 0.746. The van der Waals surface area contributed by atoms with Gasteiger partial charge in [0.2, 0.25) is 11.8 Å². The van der Waals surface area contributed by atoms with E-state index in [0.717, 1.165) is 67.0 Å². The fraction of sp³-hybridized carbons (Fsp3) is 0.480. The maximum Gasteiger partial charge on any atom is 0.262 e. The molecule has 5 amide bonds. The number of nitriles is 1. The number of amides is 5. The third-order valence-electron chi connectivity index (χ3n) is 14.5. The van der Waals surface area contributed by atoms with Crippen molar-refractivity contribution in [1.29, 1.82) is 5.26 Å². The van der Waals surface area contributed by atoms with E-state index in [1.54, 1.807) is 36.7 Å².